The van der Waals surface area contributed by atoms with Gasteiger partial charge in [0.15, 0.2) is 5.65 Å². The molecule has 2 aromatic heterocycles. The second-order valence-corrected chi connectivity index (χ2v) is 9.44. The molecule has 0 aliphatic heterocycles. The van der Waals surface area contributed by atoms with Gasteiger partial charge < -0.3 is 9.88 Å². The van der Waals surface area contributed by atoms with E-state index < -0.39 is 0 Å². The number of hydrogen-bond donors (Lipinski definition) is 1. The summed E-state index contributed by atoms with van der Waals surface area (Å²) in [7, 11) is 0. The van der Waals surface area contributed by atoms with Crippen molar-refractivity contribution in [1.82, 2.24) is 25.1 Å². The molecule has 0 saturated heterocycles. The Balaban J connectivity index is 1.27. The Morgan fingerprint density at radius 2 is 1.88 bits per heavy atom. The molecular weight excluding hydrogens is 418 g/mol. The zero-order valence-electron chi connectivity index (χ0n) is 18.3. The summed E-state index contributed by atoms with van der Waals surface area (Å²) >= 11 is 1.34. The van der Waals surface area contributed by atoms with E-state index in [-0.39, 0.29) is 17.1 Å². The molecule has 0 spiro atoms. The zero-order valence-corrected chi connectivity index (χ0v) is 19.1. The number of aryl methyl sites for hydroxylation is 1. The Bertz CT molecular complexity index is 1250. The van der Waals surface area contributed by atoms with Gasteiger partial charge in [-0.25, -0.2) is 4.98 Å². The van der Waals surface area contributed by atoms with Crippen LogP contribution in [0.25, 0.3) is 22.1 Å². The molecule has 2 aromatic carbocycles. The number of aromatic nitrogens is 4. The number of hydrogen-bond acceptors (Lipinski definition) is 5. The summed E-state index contributed by atoms with van der Waals surface area (Å²) in [6.07, 6.45) is 4.46. The van der Waals surface area contributed by atoms with Gasteiger partial charge in [0.1, 0.15) is 5.52 Å². The van der Waals surface area contributed by atoms with Crippen LogP contribution in [0.2, 0.25) is 0 Å². The van der Waals surface area contributed by atoms with Crippen LogP contribution >= 0.6 is 11.8 Å². The number of carbonyl (C=O) groups is 1. The van der Waals surface area contributed by atoms with E-state index in [0.717, 1.165) is 47.9 Å². The molecule has 1 fully saturated rings. The van der Waals surface area contributed by atoms with Gasteiger partial charge in [0.2, 0.25) is 11.1 Å². The number of fused-ring (bicyclic) bond motifs is 3. The molecule has 1 aliphatic rings. The van der Waals surface area contributed by atoms with Crippen molar-refractivity contribution in [3.8, 4) is 0 Å². The van der Waals surface area contributed by atoms with E-state index in [1.165, 1.54) is 23.7 Å². The minimum Gasteiger partial charge on any atom is -0.354 e. The lowest BCUT2D eigenvalue weighted by atomic mass is 9.64. The molecule has 0 atom stereocenters. The van der Waals surface area contributed by atoms with Crippen molar-refractivity contribution in [1.29, 1.82) is 0 Å². The van der Waals surface area contributed by atoms with Gasteiger partial charge in [-0.05, 0) is 30.9 Å². The first-order valence-corrected chi connectivity index (χ1v) is 12.3. The summed E-state index contributed by atoms with van der Waals surface area (Å²) in [5.74, 6) is 0.293. The van der Waals surface area contributed by atoms with Crippen LogP contribution in [0.4, 0.5) is 0 Å². The molecule has 7 heteroatoms. The lowest BCUT2D eigenvalue weighted by Crippen LogP contribution is -2.46. The quantitative estimate of drug-likeness (QED) is 0.397. The van der Waals surface area contributed by atoms with Crippen molar-refractivity contribution in [2.75, 3.05) is 12.3 Å². The highest BCUT2D eigenvalue weighted by molar-refractivity contribution is 7.99. The smallest absolute Gasteiger partial charge is 0.230 e. The minimum absolute atomic E-state index is 0.00926. The van der Waals surface area contributed by atoms with E-state index in [0.29, 0.717) is 11.7 Å². The van der Waals surface area contributed by atoms with Crippen LogP contribution in [-0.4, -0.2) is 38.0 Å². The molecule has 1 amide bonds. The predicted octanol–water partition coefficient (Wildman–Crippen LogP) is 4.72. The Morgan fingerprint density at radius 1 is 1.09 bits per heavy atom. The van der Waals surface area contributed by atoms with Crippen molar-refractivity contribution < 1.29 is 4.79 Å². The molecule has 0 unspecified atom stereocenters. The molecule has 164 valence electrons. The average molecular weight is 446 g/mol. The van der Waals surface area contributed by atoms with Crippen LogP contribution < -0.4 is 5.32 Å². The summed E-state index contributed by atoms with van der Waals surface area (Å²) in [5, 5.41) is 13.5. The summed E-state index contributed by atoms with van der Waals surface area (Å²) in [4.78, 5) is 17.4. The van der Waals surface area contributed by atoms with E-state index in [1.54, 1.807) is 0 Å². The van der Waals surface area contributed by atoms with Crippen LogP contribution in [0.15, 0.2) is 59.8 Å². The minimum atomic E-state index is 0.00926. The monoisotopic (exact) mass is 445 g/mol. The van der Waals surface area contributed by atoms with Crippen LogP contribution in [0.5, 0.6) is 0 Å². The van der Waals surface area contributed by atoms with Gasteiger partial charge >= 0.3 is 0 Å². The maximum Gasteiger partial charge on any atom is 0.230 e. The molecular formula is C25H27N5OS. The third kappa shape index (κ3) is 3.86. The van der Waals surface area contributed by atoms with Gasteiger partial charge in [0.05, 0.1) is 11.3 Å². The summed E-state index contributed by atoms with van der Waals surface area (Å²) < 4.78 is 2.20. The highest BCUT2D eigenvalue weighted by atomic mass is 32.2. The number of carbonyl (C=O) groups excluding carboxylic acids is 1. The second-order valence-electron chi connectivity index (χ2n) is 8.50. The lowest BCUT2D eigenvalue weighted by Gasteiger charge is -2.42. The zero-order chi connectivity index (χ0) is 22.0. The maximum absolute atomic E-state index is 12.6. The standard InChI is InChI=1S/C25H27N5OS/c1-2-15-30-20-12-7-6-11-19(20)22-23(30)27-24(29-28-22)32-16-21(31)26-17-25(13-8-14-25)18-9-4-3-5-10-18/h3-7,9-12H,2,8,13-17H2,1H3,(H,26,31). The van der Waals surface area contributed by atoms with Crippen LogP contribution in [0, 0.1) is 0 Å². The molecule has 32 heavy (non-hydrogen) atoms. The van der Waals surface area contributed by atoms with Crippen molar-refractivity contribution in [3.63, 3.8) is 0 Å². The SMILES string of the molecule is CCCn1c2ccccc2c2nnc(SCC(=O)NCC3(c4ccccc4)CCC3)nc21. The van der Waals surface area contributed by atoms with Crippen molar-refractivity contribution >= 4 is 39.7 Å². The topological polar surface area (TPSA) is 72.7 Å². The number of benzene rings is 2. The molecule has 0 bridgehead atoms. The Morgan fingerprint density at radius 3 is 2.62 bits per heavy atom. The Kier molecular flexibility index (Phi) is 5.83. The van der Waals surface area contributed by atoms with Gasteiger partial charge in [-0.3, -0.25) is 4.79 Å². The van der Waals surface area contributed by atoms with Crippen LogP contribution in [-0.2, 0) is 16.8 Å². The van der Waals surface area contributed by atoms with Crippen molar-refractivity contribution in [3.05, 3.63) is 60.2 Å². The van der Waals surface area contributed by atoms with Crippen molar-refractivity contribution in [2.24, 2.45) is 0 Å². The van der Waals surface area contributed by atoms with Crippen LogP contribution in [0.1, 0.15) is 38.2 Å². The molecule has 1 saturated carbocycles. The van der Waals surface area contributed by atoms with Gasteiger partial charge in [0.25, 0.3) is 0 Å². The fourth-order valence-electron chi connectivity index (χ4n) is 4.61. The highest BCUT2D eigenvalue weighted by Gasteiger charge is 2.38. The van der Waals surface area contributed by atoms with E-state index in [1.807, 2.05) is 18.2 Å². The molecule has 1 aliphatic carbocycles. The van der Waals surface area contributed by atoms with Crippen LogP contribution in [0.3, 0.4) is 0 Å². The number of rotatable bonds is 8. The largest absolute Gasteiger partial charge is 0.354 e. The van der Waals surface area contributed by atoms with Gasteiger partial charge in [-0.1, -0.05) is 73.6 Å². The molecule has 6 nitrogen and oxygen atoms in total. The average Bonchev–Trinajstić information content (AvgIpc) is 3.11. The summed E-state index contributed by atoms with van der Waals surface area (Å²) in [6.45, 7) is 3.70. The molecule has 4 aromatic rings. The molecule has 2 heterocycles. The Labute approximate surface area is 191 Å². The molecule has 1 N–H and O–H groups in total. The number of para-hydroxylation sites is 1. The first-order valence-electron chi connectivity index (χ1n) is 11.3. The van der Waals surface area contributed by atoms with E-state index >= 15 is 0 Å². The number of nitrogens with zero attached hydrogens (tertiary/aromatic N) is 4. The summed E-state index contributed by atoms with van der Waals surface area (Å²) in [6, 6.07) is 18.7. The Hall–Kier alpha value is -2.93. The third-order valence-electron chi connectivity index (χ3n) is 6.45. The van der Waals surface area contributed by atoms with E-state index in [9.17, 15) is 4.79 Å². The number of thioether (sulfide) groups is 1. The first kappa shape index (κ1) is 20.9. The van der Waals surface area contributed by atoms with Crippen molar-refractivity contribution in [2.45, 2.75) is 49.7 Å². The maximum atomic E-state index is 12.6. The lowest BCUT2D eigenvalue weighted by molar-refractivity contribution is -0.119. The fourth-order valence-corrected chi connectivity index (χ4v) is 5.22. The number of amides is 1. The molecule has 0 radical (unpaired) electrons. The van der Waals surface area contributed by atoms with Gasteiger partial charge in [-0.2, -0.15) is 0 Å². The number of nitrogens with one attached hydrogen (secondary N) is 1. The normalized spacial score (nSPS) is 15.0. The van der Waals surface area contributed by atoms with E-state index in [4.69, 9.17) is 4.98 Å². The van der Waals surface area contributed by atoms with E-state index in [2.05, 4.69) is 63.4 Å². The summed E-state index contributed by atoms with van der Waals surface area (Å²) in [5.41, 5.74) is 4.18. The highest BCUT2D eigenvalue weighted by Crippen LogP contribution is 2.43. The first-order chi connectivity index (χ1) is 15.7. The fraction of sp³-hybridized carbons (Fsp3) is 0.360. The molecule has 5 rings (SSSR count). The third-order valence-corrected chi connectivity index (χ3v) is 7.29. The second kappa shape index (κ2) is 8.90. The van der Waals surface area contributed by atoms with Gasteiger partial charge in [0, 0.05) is 23.9 Å². The predicted molar refractivity (Wildman–Crippen MR) is 129 cm³/mol. The van der Waals surface area contributed by atoms with Gasteiger partial charge in [-0.15, -0.1) is 10.2 Å².